The normalized spacial score (nSPS) is 19.0. The van der Waals surface area contributed by atoms with Crippen molar-refractivity contribution in [2.24, 2.45) is 0 Å². The van der Waals surface area contributed by atoms with E-state index < -0.39 is 0 Å². The first-order valence-electron chi connectivity index (χ1n) is 8.50. The van der Waals surface area contributed by atoms with Crippen LogP contribution in [0.15, 0.2) is 28.8 Å². The lowest BCUT2D eigenvalue weighted by molar-refractivity contribution is 0.147. The molecule has 1 saturated heterocycles. The molecule has 1 N–H and O–H groups in total. The molecule has 2 aromatic heterocycles. The maximum absolute atomic E-state index is 5.82. The van der Waals surface area contributed by atoms with Crippen LogP contribution in [0.4, 0.5) is 0 Å². The highest BCUT2D eigenvalue weighted by molar-refractivity contribution is 5.07. The van der Waals surface area contributed by atoms with Crippen LogP contribution in [0.2, 0.25) is 0 Å². The number of oxazole rings is 1. The van der Waals surface area contributed by atoms with Crippen molar-refractivity contribution in [2.45, 2.75) is 52.2 Å². The fourth-order valence-electron chi connectivity index (χ4n) is 3.16. The highest BCUT2D eigenvalue weighted by atomic mass is 16.4. The van der Waals surface area contributed by atoms with E-state index in [4.69, 9.17) is 4.42 Å². The predicted molar refractivity (Wildman–Crippen MR) is 90.0 cm³/mol. The first-order valence-corrected chi connectivity index (χ1v) is 8.50. The average molecular weight is 314 g/mol. The third kappa shape index (κ3) is 4.39. The van der Waals surface area contributed by atoms with Crippen molar-refractivity contribution in [3.05, 3.63) is 47.4 Å². The molecule has 23 heavy (non-hydrogen) atoms. The third-order valence-electron chi connectivity index (χ3n) is 4.56. The third-order valence-corrected chi connectivity index (χ3v) is 4.56. The van der Waals surface area contributed by atoms with E-state index in [0.29, 0.717) is 6.04 Å². The predicted octanol–water partition coefficient (Wildman–Crippen LogP) is 2.83. The standard InChI is InChI=1S/C18H26N4O/c1-14-15(2)23-18(21-14)13-22(12-16-6-3-4-10-20-16)17-7-5-9-19-11-8-17/h3-4,6,10,17,19H,5,7-9,11-13H2,1-2H3/t17-/m0/s1. The SMILES string of the molecule is Cc1nc(CN(Cc2ccccn2)[C@H]2CCCNCC2)oc1C. The molecule has 1 atom stereocenters. The van der Waals surface area contributed by atoms with Crippen molar-refractivity contribution in [3.8, 4) is 0 Å². The maximum Gasteiger partial charge on any atom is 0.208 e. The number of pyridine rings is 1. The highest BCUT2D eigenvalue weighted by Gasteiger charge is 2.22. The summed E-state index contributed by atoms with van der Waals surface area (Å²) in [4.78, 5) is 11.5. The van der Waals surface area contributed by atoms with Gasteiger partial charge < -0.3 is 9.73 Å². The summed E-state index contributed by atoms with van der Waals surface area (Å²) in [7, 11) is 0. The van der Waals surface area contributed by atoms with Crippen LogP contribution >= 0.6 is 0 Å². The van der Waals surface area contributed by atoms with Gasteiger partial charge in [-0.1, -0.05) is 6.07 Å². The Morgan fingerprint density at radius 3 is 2.87 bits per heavy atom. The van der Waals surface area contributed by atoms with Crippen molar-refractivity contribution < 1.29 is 4.42 Å². The lowest BCUT2D eigenvalue weighted by Gasteiger charge is -2.29. The quantitative estimate of drug-likeness (QED) is 0.919. The van der Waals surface area contributed by atoms with E-state index in [1.807, 2.05) is 26.1 Å². The zero-order valence-corrected chi connectivity index (χ0v) is 14.1. The molecule has 3 heterocycles. The zero-order valence-electron chi connectivity index (χ0n) is 14.1. The van der Waals surface area contributed by atoms with Gasteiger partial charge >= 0.3 is 0 Å². The van der Waals surface area contributed by atoms with Crippen LogP contribution in [0.1, 0.15) is 42.3 Å². The van der Waals surface area contributed by atoms with Crippen LogP contribution in [0.25, 0.3) is 0 Å². The van der Waals surface area contributed by atoms with Gasteiger partial charge in [0.2, 0.25) is 5.89 Å². The molecule has 124 valence electrons. The fourth-order valence-corrected chi connectivity index (χ4v) is 3.16. The fraction of sp³-hybridized carbons (Fsp3) is 0.556. The Morgan fingerprint density at radius 2 is 2.13 bits per heavy atom. The molecule has 1 aliphatic heterocycles. The van der Waals surface area contributed by atoms with E-state index in [9.17, 15) is 0 Å². The summed E-state index contributed by atoms with van der Waals surface area (Å²) < 4.78 is 5.82. The molecule has 2 aromatic rings. The van der Waals surface area contributed by atoms with Crippen molar-refractivity contribution in [2.75, 3.05) is 13.1 Å². The van der Waals surface area contributed by atoms with Crippen LogP contribution in [0.3, 0.4) is 0 Å². The molecule has 1 fully saturated rings. The van der Waals surface area contributed by atoms with Gasteiger partial charge in [0, 0.05) is 18.8 Å². The van der Waals surface area contributed by atoms with Gasteiger partial charge in [0.1, 0.15) is 5.76 Å². The van der Waals surface area contributed by atoms with Crippen LogP contribution < -0.4 is 5.32 Å². The molecule has 0 unspecified atom stereocenters. The van der Waals surface area contributed by atoms with Crippen molar-refractivity contribution >= 4 is 0 Å². The number of nitrogens with zero attached hydrogens (tertiary/aromatic N) is 3. The molecule has 0 spiro atoms. The molecule has 5 nitrogen and oxygen atoms in total. The van der Waals surface area contributed by atoms with Gasteiger partial charge in [0.15, 0.2) is 0 Å². The molecule has 0 radical (unpaired) electrons. The molecule has 0 amide bonds. The average Bonchev–Trinajstić information content (AvgIpc) is 2.76. The minimum atomic E-state index is 0.541. The van der Waals surface area contributed by atoms with Crippen LogP contribution in [0.5, 0.6) is 0 Å². The summed E-state index contributed by atoms with van der Waals surface area (Å²) in [6.45, 7) is 7.76. The molecule has 0 saturated carbocycles. The van der Waals surface area contributed by atoms with Crippen molar-refractivity contribution in [1.29, 1.82) is 0 Å². The maximum atomic E-state index is 5.82. The van der Waals surface area contributed by atoms with E-state index in [1.54, 1.807) is 0 Å². The van der Waals surface area contributed by atoms with E-state index in [-0.39, 0.29) is 0 Å². The van der Waals surface area contributed by atoms with Gasteiger partial charge in [0.25, 0.3) is 0 Å². The Balaban J connectivity index is 1.76. The topological polar surface area (TPSA) is 54.2 Å². The minimum absolute atomic E-state index is 0.541. The molecule has 0 bridgehead atoms. The molecule has 0 aliphatic carbocycles. The summed E-state index contributed by atoms with van der Waals surface area (Å²) in [5.74, 6) is 1.73. The first-order chi connectivity index (χ1) is 11.2. The molecule has 0 aromatic carbocycles. The second-order valence-electron chi connectivity index (χ2n) is 6.31. The van der Waals surface area contributed by atoms with Gasteiger partial charge in [-0.15, -0.1) is 0 Å². The number of rotatable bonds is 5. The highest BCUT2D eigenvalue weighted by Crippen LogP contribution is 2.20. The Morgan fingerprint density at radius 1 is 1.22 bits per heavy atom. The van der Waals surface area contributed by atoms with E-state index in [0.717, 1.165) is 55.6 Å². The minimum Gasteiger partial charge on any atom is -0.444 e. The largest absolute Gasteiger partial charge is 0.444 e. The number of hydrogen-bond donors (Lipinski definition) is 1. The Labute approximate surface area is 138 Å². The summed E-state index contributed by atoms with van der Waals surface area (Å²) in [6, 6.07) is 6.65. The Hall–Kier alpha value is -1.72. The number of nitrogens with one attached hydrogen (secondary N) is 1. The van der Waals surface area contributed by atoms with Crippen molar-refractivity contribution in [1.82, 2.24) is 20.2 Å². The van der Waals surface area contributed by atoms with Crippen LogP contribution in [-0.4, -0.2) is 34.0 Å². The second-order valence-corrected chi connectivity index (χ2v) is 6.31. The number of aromatic nitrogens is 2. The molecule has 1 aliphatic rings. The van der Waals surface area contributed by atoms with E-state index >= 15 is 0 Å². The smallest absolute Gasteiger partial charge is 0.208 e. The second kappa shape index (κ2) is 7.70. The summed E-state index contributed by atoms with van der Waals surface area (Å²) >= 11 is 0. The van der Waals surface area contributed by atoms with Gasteiger partial charge in [-0.25, -0.2) is 4.98 Å². The number of hydrogen-bond acceptors (Lipinski definition) is 5. The van der Waals surface area contributed by atoms with Gasteiger partial charge in [-0.05, 0) is 58.3 Å². The lowest BCUT2D eigenvalue weighted by atomic mass is 10.1. The Kier molecular flexibility index (Phi) is 5.41. The van der Waals surface area contributed by atoms with Crippen LogP contribution in [0, 0.1) is 13.8 Å². The number of aryl methyl sites for hydroxylation is 2. The van der Waals surface area contributed by atoms with Crippen molar-refractivity contribution in [3.63, 3.8) is 0 Å². The van der Waals surface area contributed by atoms with Crippen LogP contribution in [-0.2, 0) is 13.1 Å². The summed E-state index contributed by atoms with van der Waals surface area (Å²) in [5, 5.41) is 3.49. The van der Waals surface area contributed by atoms with E-state index in [1.165, 1.54) is 12.8 Å². The summed E-state index contributed by atoms with van der Waals surface area (Å²) in [5.41, 5.74) is 2.09. The Bertz CT molecular complexity index is 583. The summed E-state index contributed by atoms with van der Waals surface area (Å²) in [6.07, 6.45) is 5.44. The van der Waals surface area contributed by atoms with E-state index in [2.05, 4.69) is 32.3 Å². The van der Waals surface area contributed by atoms with Gasteiger partial charge in [0.05, 0.1) is 17.9 Å². The molecular formula is C18H26N4O. The molecular weight excluding hydrogens is 288 g/mol. The first kappa shape index (κ1) is 16.1. The lowest BCUT2D eigenvalue weighted by Crippen LogP contribution is -2.35. The molecule has 3 rings (SSSR count). The monoisotopic (exact) mass is 314 g/mol. The van der Waals surface area contributed by atoms with Gasteiger partial charge in [-0.2, -0.15) is 0 Å². The molecule has 5 heteroatoms. The van der Waals surface area contributed by atoms with Gasteiger partial charge in [-0.3, -0.25) is 9.88 Å². The zero-order chi connectivity index (χ0) is 16.1.